The molecule has 1 heterocycles. The van der Waals surface area contributed by atoms with Crippen molar-refractivity contribution in [3.05, 3.63) is 59.3 Å². The molecule has 1 N–H and O–H groups in total. The number of benzene rings is 1. The van der Waals surface area contributed by atoms with E-state index in [-0.39, 0.29) is 0 Å². The number of nitrogens with one attached hydrogen (secondary N) is 1. The summed E-state index contributed by atoms with van der Waals surface area (Å²) in [5.41, 5.74) is 2.86. The average molecular weight is 344 g/mol. The number of aryl methyl sites for hydroxylation is 1. The number of pyridine rings is 1. The van der Waals surface area contributed by atoms with E-state index in [1.807, 2.05) is 45.9 Å². The van der Waals surface area contributed by atoms with Gasteiger partial charge in [0, 0.05) is 18.5 Å². The zero-order valence-electron chi connectivity index (χ0n) is 14.6. The number of alkyl carbamates (subject to hydrolysis) is 1. The molecule has 0 bridgehead atoms. The number of hydrogen-bond acceptors (Lipinski definition) is 4. The van der Waals surface area contributed by atoms with Gasteiger partial charge in [0.25, 0.3) is 0 Å². The molecule has 0 radical (unpaired) electrons. The standard InChI is InChI=1S/C19H24N2O2S/c1-14-10-16(12-21-18(22)23-19(2,3)4)11-20-17(14)24-13-15-8-6-5-7-9-15/h5-11H,12-13H2,1-4H3,(H,21,22). The Bertz CT molecular complexity index is 682. The van der Waals surface area contributed by atoms with Gasteiger partial charge in [0.2, 0.25) is 0 Å². The van der Waals surface area contributed by atoms with Crippen molar-refractivity contribution in [3.63, 3.8) is 0 Å². The molecule has 0 spiro atoms. The third-order valence-electron chi connectivity index (χ3n) is 3.14. The van der Waals surface area contributed by atoms with Crippen molar-refractivity contribution in [2.75, 3.05) is 0 Å². The normalized spacial score (nSPS) is 11.2. The lowest BCUT2D eigenvalue weighted by Crippen LogP contribution is -2.32. The molecule has 0 aliphatic carbocycles. The minimum absolute atomic E-state index is 0.409. The van der Waals surface area contributed by atoms with E-state index in [0.717, 1.165) is 21.9 Å². The van der Waals surface area contributed by atoms with E-state index in [1.54, 1.807) is 18.0 Å². The highest BCUT2D eigenvalue weighted by atomic mass is 32.2. The van der Waals surface area contributed by atoms with E-state index in [9.17, 15) is 4.79 Å². The second-order valence-electron chi connectivity index (χ2n) is 6.60. The number of thioether (sulfide) groups is 1. The maximum Gasteiger partial charge on any atom is 0.407 e. The number of amides is 1. The van der Waals surface area contributed by atoms with Gasteiger partial charge in [-0.05, 0) is 44.4 Å². The molecule has 1 aromatic carbocycles. The first kappa shape index (κ1) is 18.3. The molecule has 0 unspecified atom stereocenters. The predicted molar refractivity (Wildman–Crippen MR) is 98.1 cm³/mol. The number of carbonyl (C=O) groups is 1. The smallest absolute Gasteiger partial charge is 0.407 e. The molecule has 1 aromatic heterocycles. The summed E-state index contributed by atoms with van der Waals surface area (Å²) in [5.74, 6) is 0.893. The van der Waals surface area contributed by atoms with Crippen LogP contribution in [0.2, 0.25) is 0 Å². The molecule has 5 heteroatoms. The van der Waals surface area contributed by atoms with Crippen molar-refractivity contribution in [1.82, 2.24) is 10.3 Å². The third-order valence-corrected chi connectivity index (χ3v) is 4.32. The first-order valence-corrected chi connectivity index (χ1v) is 8.91. The highest BCUT2D eigenvalue weighted by Gasteiger charge is 2.15. The SMILES string of the molecule is Cc1cc(CNC(=O)OC(C)(C)C)cnc1SCc1ccccc1. The molecule has 0 atom stereocenters. The van der Waals surface area contributed by atoms with Crippen LogP contribution < -0.4 is 5.32 Å². The topological polar surface area (TPSA) is 51.2 Å². The van der Waals surface area contributed by atoms with E-state index in [0.29, 0.717) is 6.54 Å². The van der Waals surface area contributed by atoms with Crippen molar-refractivity contribution in [2.45, 2.75) is 50.6 Å². The molecule has 4 nitrogen and oxygen atoms in total. The number of hydrogen-bond donors (Lipinski definition) is 1. The Kier molecular flexibility index (Phi) is 6.26. The Labute approximate surface area is 148 Å². The van der Waals surface area contributed by atoms with Gasteiger partial charge < -0.3 is 10.1 Å². The van der Waals surface area contributed by atoms with Gasteiger partial charge in [-0.25, -0.2) is 9.78 Å². The van der Waals surface area contributed by atoms with Gasteiger partial charge in [-0.2, -0.15) is 0 Å². The van der Waals surface area contributed by atoms with E-state index in [4.69, 9.17) is 4.74 Å². The van der Waals surface area contributed by atoms with Crippen LogP contribution in [0.15, 0.2) is 47.6 Å². The van der Waals surface area contributed by atoms with Crippen LogP contribution in [-0.4, -0.2) is 16.7 Å². The number of rotatable bonds is 5. The zero-order valence-corrected chi connectivity index (χ0v) is 15.4. The molecule has 0 saturated heterocycles. The Morgan fingerprint density at radius 3 is 2.54 bits per heavy atom. The van der Waals surface area contributed by atoms with E-state index >= 15 is 0 Å². The van der Waals surface area contributed by atoms with Gasteiger partial charge in [0.05, 0.1) is 5.03 Å². The monoisotopic (exact) mass is 344 g/mol. The average Bonchev–Trinajstić information content (AvgIpc) is 2.51. The second-order valence-corrected chi connectivity index (χ2v) is 7.56. The summed E-state index contributed by atoms with van der Waals surface area (Å²) in [6.45, 7) is 7.98. The van der Waals surface area contributed by atoms with Crippen molar-refractivity contribution in [3.8, 4) is 0 Å². The van der Waals surface area contributed by atoms with Crippen LogP contribution in [0.25, 0.3) is 0 Å². The van der Waals surface area contributed by atoms with Crippen molar-refractivity contribution in [1.29, 1.82) is 0 Å². The third kappa shape index (κ3) is 6.24. The summed E-state index contributed by atoms with van der Waals surface area (Å²) in [6, 6.07) is 12.4. The molecule has 0 saturated carbocycles. The Morgan fingerprint density at radius 2 is 1.92 bits per heavy atom. The summed E-state index contributed by atoms with van der Waals surface area (Å²) in [7, 11) is 0. The zero-order chi connectivity index (χ0) is 17.6. The minimum atomic E-state index is -0.490. The van der Waals surface area contributed by atoms with E-state index in [2.05, 4.69) is 28.5 Å². The summed E-state index contributed by atoms with van der Waals surface area (Å²) in [5, 5.41) is 3.77. The van der Waals surface area contributed by atoms with Crippen LogP contribution in [0, 0.1) is 6.92 Å². The number of carbonyl (C=O) groups excluding carboxylic acids is 1. The molecule has 0 aliphatic rings. The van der Waals surface area contributed by atoms with Gasteiger partial charge in [-0.3, -0.25) is 0 Å². The molecule has 2 aromatic rings. The number of nitrogens with zero attached hydrogens (tertiary/aromatic N) is 1. The molecule has 0 fully saturated rings. The maximum absolute atomic E-state index is 11.7. The lowest BCUT2D eigenvalue weighted by Gasteiger charge is -2.19. The molecule has 128 valence electrons. The maximum atomic E-state index is 11.7. The first-order chi connectivity index (χ1) is 11.3. The van der Waals surface area contributed by atoms with Crippen LogP contribution in [0.5, 0.6) is 0 Å². The van der Waals surface area contributed by atoms with Crippen LogP contribution >= 0.6 is 11.8 Å². The second kappa shape index (κ2) is 8.20. The number of ether oxygens (including phenoxy) is 1. The quantitative estimate of drug-likeness (QED) is 0.798. The van der Waals surface area contributed by atoms with Crippen LogP contribution in [0.4, 0.5) is 4.79 Å². The summed E-state index contributed by atoms with van der Waals surface area (Å²) >= 11 is 1.72. The minimum Gasteiger partial charge on any atom is -0.444 e. The van der Waals surface area contributed by atoms with Crippen molar-refractivity contribution >= 4 is 17.9 Å². The lowest BCUT2D eigenvalue weighted by atomic mass is 10.2. The molecule has 24 heavy (non-hydrogen) atoms. The fraction of sp³-hybridized carbons (Fsp3) is 0.368. The van der Waals surface area contributed by atoms with Crippen LogP contribution in [0.1, 0.15) is 37.5 Å². The Morgan fingerprint density at radius 1 is 1.21 bits per heavy atom. The highest BCUT2D eigenvalue weighted by molar-refractivity contribution is 7.98. The lowest BCUT2D eigenvalue weighted by molar-refractivity contribution is 0.0523. The Balaban J connectivity index is 1.88. The van der Waals surface area contributed by atoms with Crippen LogP contribution in [-0.2, 0) is 17.0 Å². The fourth-order valence-corrected chi connectivity index (χ4v) is 2.99. The van der Waals surface area contributed by atoms with Gasteiger partial charge in [-0.15, -0.1) is 11.8 Å². The van der Waals surface area contributed by atoms with E-state index < -0.39 is 11.7 Å². The van der Waals surface area contributed by atoms with Crippen molar-refractivity contribution < 1.29 is 9.53 Å². The number of aromatic nitrogens is 1. The van der Waals surface area contributed by atoms with Gasteiger partial charge in [0.1, 0.15) is 5.60 Å². The summed E-state index contributed by atoms with van der Waals surface area (Å²) < 4.78 is 5.23. The van der Waals surface area contributed by atoms with Crippen LogP contribution in [0.3, 0.4) is 0 Å². The predicted octanol–water partition coefficient (Wildman–Crippen LogP) is 4.71. The molecule has 0 aliphatic heterocycles. The highest BCUT2D eigenvalue weighted by Crippen LogP contribution is 2.24. The first-order valence-electron chi connectivity index (χ1n) is 7.92. The molecule has 1 amide bonds. The van der Waals surface area contributed by atoms with E-state index in [1.165, 1.54) is 5.56 Å². The molecular weight excluding hydrogens is 320 g/mol. The molecule has 2 rings (SSSR count). The Hall–Kier alpha value is -2.01. The largest absolute Gasteiger partial charge is 0.444 e. The summed E-state index contributed by atoms with van der Waals surface area (Å²) in [6.07, 6.45) is 1.39. The van der Waals surface area contributed by atoms with Crippen molar-refractivity contribution in [2.24, 2.45) is 0 Å². The van der Waals surface area contributed by atoms with Gasteiger partial charge >= 0.3 is 6.09 Å². The van der Waals surface area contributed by atoms with Gasteiger partial charge in [-0.1, -0.05) is 36.4 Å². The summed E-state index contributed by atoms with van der Waals surface area (Å²) in [4.78, 5) is 16.2. The van der Waals surface area contributed by atoms with Gasteiger partial charge in [0.15, 0.2) is 0 Å². The fourth-order valence-electron chi connectivity index (χ4n) is 2.08. The molecular formula is C19H24N2O2S.